The highest BCUT2D eigenvalue weighted by Crippen LogP contribution is 2.19. The second-order valence-corrected chi connectivity index (χ2v) is 4.13. The monoisotopic (exact) mass is 246 g/mol. The molecule has 0 unspecified atom stereocenters. The quantitative estimate of drug-likeness (QED) is 0.885. The number of hydrogen-bond acceptors (Lipinski definition) is 2. The molecule has 0 aliphatic heterocycles. The SMILES string of the molecule is C=C(NC(C)=O)c1ccc2cc(Cl)ccc2n1. The van der Waals surface area contributed by atoms with Crippen LogP contribution < -0.4 is 5.32 Å². The maximum Gasteiger partial charge on any atom is 0.221 e. The lowest BCUT2D eigenvalue weighted by Gasteiger charge is -2.06. The van der Waals surface area contributed by atoms with E-state index in [1.54, 1.807) is 12.1 Å². The predicted octanol–water partition coefficient (Wildman–Crippen LogP) is 3.00. The molecule has 1 aromatic heterocycles. The summed E-state index contributed by atoms with van der Waals surface area (Å²) in [7, 11) is 0. The summed E-state index contributed by atoms with van der Waals surface area (Å²) in [5.74, 6) is -0.159. The second-order valence-electron chi connectivity index (χ2n) is 3.69. The molecule has 0 radical (unpaired) electrons. The third-order valence-electron chi connectivity index (χ3n) is 2.29. The van der Waals surface area contributed by atoms with E-state index in [9.17, 15) is 4.79 Å². The molecule has 1 amide bonds. The van der Waals surface area contributed by atoms with Crippen molar-refractivity contribution in [3.63, 3.8) is 0 Å². The van der Waals surface area contributed by atoms with Gasteiger partial charge in [0.05, 0.1) is 16.9 Å². The van der Waals surface area contributed by atoms with Crippen LogP contribution in [-0.4, -0.2) is 10.9 Å². The highest BCUT2D eigenvalue weighted by atomic mass is 35.5. The third-order valence-corrected chi connectivity index (χ3v) is 2.52. The number of carbonyl (C=O) groups excluding carboxylic acids is 1. The maximum absolute atomic E-state index is 10.9. The highest BCUT2D eigenvalue weighted by molar-refractivity contribution is 6.31. The Morgan fingerprint density at radius 2 is 2.12 bits per heavy atom. The number of amides is 1. The van der Waals surface area contributed by atoms with Crippen molar-refractivity contribution in [3.8, 4) is 0 Å². The van der Waals surface area contributed by atoms with Crippen molar-refractivity contribution in [1.29, 1.82) is 0 Å². The van der Waals surface area contributed by atoms with Crippen molar-refractivity contribution < 1.29 is 4.79 Å². The second kappa shape index (κ2) is 4.55. The van der Waals surface area contributed by atoms with Crippen LogP contribution in [0.15, 0.2) is 36.9 Å². The topological polar surface area (TPSA) is 42.0 Å². The normalized spacial score (nSPS) is 10.2. The van der Waals surface area contributed by atoms with Crippen molar-refractivity contribution in [1.82, 2.24) is 10.3 Å². The fourth-order valence-electron chi connectivity index (χ4n) is 1.54. The summed E-state index contributed by atoms with van der Waals surface area (Å²) >= 11 is 5.89. The Morgan fingerprint density at radius 3 is 2.82 bits per heavy atom. The molecule has 0 aliphatic rings. The fraction of sp³-hybridized carbons (Fsp3) is 0.0769. The molecule has 0 saturated heterocycles. The van der Waals surface area contributed by atoms with Crippen LogP contribution in [0.25, 0.3) is 16.6 Å². The van der Waals surface area contributed by atoms with Crippen LogP contribution in [0.3, 0.4) is 0 Å². The summed E-state index contributed by atoms with van der Waals surface area (Å²) in [4.78, 5) is 15.3. The van der Waals surface area contributed by atoms with Crippen LogP contribution >= 0.6 is 11.6 Å². The van der Waals surface area contributed by atoms with E-state index in [2.05, 4.69) is 16.9 Å². The number of hydrogen-bond donors (Lipinski definition) is 1. The van der Waals surface area contributed by atoms with Gasteiger partial charge in [-0.05, 0) is 24.3 Å². The molecule has 2 rings (SSSR count). The first-order chi connectivity index (χ1) is 8.06. The van der Waals surface area contributed by atoms with E-state index >= 15 is 0 Å². The first-order valence-electron chi connectivity index (χ1n) is 5.09. The summed E-state index contributed by atoms with van der Waals surface area (Å²) in [5, 5.41) is 4.24. The van der Waals surface area contributed by atoms with Gasteiger partial charge in [0.1, 0.15) is 0 Å². The van der Waals surface area contributed by atoms with E-state index in [-0.39, 0.29) is 5.91 Å². The van der Waals surface area contributed by atoms with E-state index < -0.39 is 0 Å². The number of pyridine rings is 1. The molecule has 0 atom stereocenters. The van der Waals surface area contributed by atoms with Crippen molar-refractivity contribution in [3.05, 3.63) is 47.6 Å². The number of benzene rings is 1. The molecular weight excluding hydrogens is 236 g/mol. The third kappa shape index (κ3) is 2.63. The number of rotatable bonds is 2. The van der Waals surface area contributed by atoms with E-state index in [4.69, 9.17) is 11.6 Å². The van der Waals surface area contributed by atoms with Gasteiger partial charge >= 0.3 is 0 Å². The summed E-state index contributed by atoms with van der Waals surface area (Å²) in [5.41, 5.74) is 1.96. The number of aromatic nitrogens is 1. The molecule has 0 aliphatic carbocycles. The van der Waals surface area contributed by atoms with Crippen LogP contribution in [0.1, 0.15) is 12.6 Å². The average Bonchev–Trinajstić information content (AvgIpc) is 2.27. The fourth-order valence-corrected chi connectivity index (χ4v) is 1.72. The molecule has 3 nitrogen and oxygen atoms in total. The molecule has 1 aromatic carbocycles. The molecule has 1 heterocycles. The standard InChI is InChI=1S/C13H11ClN2O/c1-8(15-9(2)17)12-5-3-10-7-11(14)4-6-13(10)16-12/h3-7H,1H2,2H3,(H,15,17). The van der Waals surface area contributed by atoms with Gasteiger partial charge in [-0.25, -0.2) is 4.98 Å². The Bertz CT molecular complexity index is 607. The summed E-state index contributed by atoms with van der Waals surface area (Å²) in [6.07, 6.45) is 0. The van der Waals surface area contributed by atoms with Crippen LogP contribution in [0.4, 0.5) is 0 Å². The summed E-state index contributed by atoms with van der Waals surface area (Å²) < 4.78 is 0. The number of halogens is 1. The van der Waals surface area contributed by atoms with E-state index in [0.29, 0.717) is 16.4 Å². The first-order valence-corrected chi connectivity index (χ1v) is 5.47. The van der Waals surface area contributed by atoms with E-state index in [1.807, 2.05) is 18.2 Å². The van der Waals surface area contributed by atoms with Crippen molar-refractivity contribution in [2.24, 2.45) is 0 Å². The zero-order valence-corrected chi connectivity index (χ0v) is 10.1. The minimum absolute atomic E-state index is 0.159. The Labute approximate surface area is 104 Å². The van der Waals surface area contributed by atoms with Gasteiger partial charge in [0.25, 0.3) is 0 Å². The lowest BCUT2D eigenvalue weighted by atomic mass is 10.2. The lowest BCUT2D eigenvalue weighted by Crippen LogP contribution is -2.17. The molecule has 17 heavy (non-hydrogen) atoms. The maximum atomic E-state index is 10.9. The molecule has 86 valence electrons. The summed E-state index contributed by atoms with van der Waals surface area (Å²) in [6, 6.07) is 9.16. The van der Waals surface area contributed by atoms with Gasteiger partial charge in [-0.15, -0.1) is 0 Å². The van der Waals surface area contributed by atoms with Crippen LogP contribution in [0.5, 0.6) is 0 Å². The Hall–Kier alpha value is -1.87. The number of nitrogens with zero attached hydrogens (tertiary/aromatic N) is 1. The molecule has 1 N–H and O–H groups in total. The zero-order valence-electron chi connectivity index (χ0n) is 9.33. The number of fused-ring (bicyclic) bond motifs is 1. The van der Waals surface area contributed by atoms with Gasteiger partial charge in [0, 0.05) is 17.3 Å². The zero-order chi connectivity index (χ0) is 12.4. The van der Waals surface area contributed by atoms with Gasteiger partial charge in [-0.1, -0.05) is 24.2 Å². The van der Waals surface area contributed by atoms with Crippen LogP contribution in [-0.2, 0) is 4.79 Å². The van der Waals surface area contributed by atoms with Crippen molar-refractivity contribution >= 4 is 34.1 Å². The minimum atomic E-state index is -0.159. The van der Waals surface area contributed by atoms with Crippen LogP contribution in [0, 0.1) is 0 Å². The largest absolute Gasteiger partial charge is 0.325 e. The molecular formula is C13H11ClN2O. The van der Waals surface area contributed by atoms with Gasteiger partial charge in [0.15, 0.2) is 0 Å². The van der Waals surface area contributed by atoms with Crippen molar-refractivity contribution in [2.45, 2.75) is 6.92 Å². The smallest absolute Gasteiger partial charge is 0.221 e. The van der Waals surface area contributed by atoms with Gasteiger partial charge in [-0.2, -0.15) is 0 Å². The lowest BCUT2D eigenvalue weighted by molar-refractivity contribution is -0.117. The molecule has 0 saturated carbocycles. The predicted molar refractivity (Wildman–Crippen MR) is 69.6 cm³/mol. The Balaban J connectivity index is 2.41. The Kier molecular flexibility index (Phi) is 3.11. The highest BCUT2D eigenvalue weighted by Gasteiger charge is 2.04. The Morgan fingerprint density at radius 1 is 1.35 bits per heavy atom. The van der Waals surface area contributed by atoms with Gasteiger partial charge in [0.2, 0.25) is 5.91 Å². The number of nitrogens with one attached hydrogen (secondary N) is 1. The van der Waals surface area contributed by atoms with Gasteiger partial charge in [-0.3, -0.25) is 4.79 Å². The van der Waals surface area contributed by atoms with Crippen molar-refractivity contribution in [2.75, 3.05) is 0 Å². The average molecular weight is 247 g/mol. The molecule has 2 aromatic rings. The van der Waals surface area contributed by atoms with E-state index in [0.717, 1.165) is 10.9 Å². The molecule has 0 fully saturated rings. The van der Waals surface area contributed by atoms with Gasteiger partial charge < -0.3 is 5.32 Å². The summed E-state index contributed by atoms with van der Waals surface area (Å²) in [6.45, 7) is 5.21. The number of carbonyl (C=O) groups is 1. The minimum Gasteiger partial charge on any atom is -0.325 e. The van der Waals surface area contributed by atoms with E-state index in [1.165, 1.54) is 6.92 Å². The molecule has 4 heteroatoms. The molecule has 0 spiro atoms. The molecule has 0 bridgehead atoms. The first kappa shape index (κ1) is 11.6. The van der Waals surface area contributed by atoms with Crippen LogP contribution in [0.2, 0.25) is 5.02 Å².